The van der Waals surface area contributed by atoms with E-state index in [0.29, 0.717) is 11.4 Å². The Bertz CT molecular complexity index is 906. The maximum atomic E-state index is 13.6. The van der Waals surface area contributed by atoms with Gasteiger partial charge in [0.2, 0.25) is 5.91 Å². The minimum absolute atomic E-state index is 0.105. The molecule has 134 valence electrons. The third kappa shape index (κ3) is 4.33. The first-order valence-corrected chi connectivity index (χ1v) is 8.77. The average Bonchev–Trinajstić information content (AvgIpc) is 2.62. The second-order valence-electron chi connectivity index (χ2n) is 5.30. The number of hydrogen-bond acceptors (Lipinski definition) is 5. The lowest BCUT2D eigenvalue weighted by atomic mass is 10.2. The van der Waals surface area contributed by atoms with Crippen molar-refractivity contribution < 1.29 is 23.5 Å². The van der Waals surface area contributed by atoms with Crippen LogP contribution in [0, 0.1) is 5.82 Å². The molecule has 2 amide bonds. The molecule has 0 saturated heterocycles. The number of hydrogen-bond donors (Lipinski definition) is 2. The Morgan fingerprint density at radius 3 is 2.88 bits per heavy atom. The average molecular weight is 395 g/mol. The number of rotatable bonds is 4. The zero-order chi connectivity index (χ0) is 18.7. The van der Waals surface area contributed by atoms with Gasteiger partial charge in [-0.25, -0.2) is 9.18 Å². The Hall–Kier alpha value is -2.58. The molecule has 2 aromatic rings. The number of esters is 1. The zero-order valence-corrected chi connectivity index (χ0v) is 14.7. The minimum atomic E-state index is -0.737. The van der Waals surface area contributed by atoms with Gasteiger partial charge in [-0.2, -0.15) is 0 Å². The Morgan fingerprint density at radius 1 is 1.27 bits per heavy atom. The fourth-order valence-corrected chi connectivity index (χ4v) is 3.16. The van der Waals surface area contributed by atoms with Crippen LogP contribution in [0.2, 0.25) is 5.02 Å². The topological polar surface area (TPSA) is 84.5 Å². The summed E-state index contributed by atoms with van der Waals surface area (Å²) in [6.07, 6.45) is 0. The predicted octanol–water partition coefficient (Wildman–Crippen LogP) is 3.32. The number of nitrogens with one attached hydrogen (secondary N) is 2. The van der Waals surface area contributed by atoms with Crippen molar-refractivity contribution in [3.63, 3.8) is 0 Å². The summed E-state index contributed by atoms with van der Waals surface area (Å²) in [6, 6.07) is 8.43. The lowest BCUT2D eigenvalue weighted by molar-refractivity contribution is -0.119. The zero-order valence-electron chi connectivity index (χ0n) is 13.2. The molecule has 26 heavy (non-hydrogen) atoms. The highest BCUT2D eigenvalue weighted by Crippen LogP contribution is 2.32. The van der Waals surface area contributed by atoms with Crippen molar-refractivity contribution in [2.75, 3.05) is 23.0 Å². The van der Waals surface area contributed by atoms with Crippen LogP contribution in [0.15, 0.2) is 41.3 Å². The second kappa shape index (κ2) is 7.76. The lowest BCUT2D eigenvalue weighted by Gasteiger charge is -2.16. The number of carbonyl (C=O) groups is 3. The molecule has 1 heterocycles. The summed E-state index contributed by atoms with van der Waals surface area (Å²) in [5.74, 6) is -1.94. The highest BCUT2D eigenvalue weighted by molar-refractivity contribution is 8.00. The van der Waals surface area contributed by atoms with Gasteiger partial charge < -0.3 is 15.4 Å². The van der Waals surface area contributed by atoms with Crippen molar-refractivity contribution in [1.82, 2.24) is 0 Å². The van der Waals surface area contributed by atoms with Crippen molar-refractivity contribution in [3.05, 3.63) is 52.8 Å². The number of carbonyl (C=O) groups excluding carboxylic acids is 3. The SMILES string of the molecule is O=C(COC(=O)c1ccc2c(c1)NC(=O)CS2)Nc1cc(Cl)ccc1F. The maximum Gasteiger partial charge on any atom is 0.338 e. The van der Waals surface area contributed by atoms with Gasteiger partial charge in [-0.3, -0.25) is 9.59 Å². The summed E-state index contributed by atoms with van der Waals surface area (Å²) in [5.41, 5.74) is 0.603. The second-order valence-corrected chi connectivity index (χ2v) is 6.75. The van der Waals surface area contributed by atoms with E-state index in [2.05, 4.69) is 10.6 Å². The smallest absolute Gasteiger partial charge is 0.338 e. The molecule has 0 bridgehead atoms. The van der Waals surface area contributed by atoms with Crippen molar-refractivity contribution in [3.8, 4) is 0 Å². The van der Waals surface area contributed by atoms with E-state index < -0.39 is 24.3 Å². The van der Waals surface area contributed by atoms with Crippen LogP contribution in [0.5, 0.6) is 0 Å². The Morgan fingerprint density at radius 2 is 2.08 bits per heavy atom. The van der Waals surface area contributed by atoms with Crippen molar-refractivity contribution in [2.45, 2.75) is 4.90 Å². The molecule has 9 heteroatoms. The normalized spacial score (nSPS) is 12.8. The van der Waals surface area contributed by atoms with E-state index in [0.717, 1.165) is 11.0 Å². The van der Waals surface area contributed by atoms with E-state index in [1.54, 1.807) is 12.1 Å². The molecule has 3 rings (SSSR count). The van der Waals surface area contributed by atoms with E-state index >= 15 is 0 Å². The molecule has 0 fully saturated rings. The minimum Gasteiger partial charge on any atom is -0.452 e. The van der Waals surface area contributed by atoms with E-state index in [1.165, 1.54) is 30.0 Å². The molecule has 0 atom stereocenters. The van der Waals surface area contributed by atoms with Gasteiger partial charge in [0.25, 0.3) is 5.91 Å². The molecule has 6 nitrogen and oxygen atoms in total. The maximum absolute atomic E-state index is 13.6. The lowest BCUT2D eigenvalue weighted by Crippen LogP contribution is -2.22. The molecular formula is C17H12ClFN2O4S. The molecule has 2 aromatic carbocycles. The molecule has 0 saturated carbocycles. The van der Waals surface area contributed by atoms with Gasteiger partial charge in [-0.05, 0) is 36.4 Å². The van der Waals surface area contributed by atoms with Crippen LogP contribution in [0.25, 0.3) is 0 Å². The molecule has 0 unspecified atom stereocenters. The van der Waals surface area contributed by atoms with Gasteiger partial charge in [-0.15, -0.1) is 11.8 Å². The number of benzene rings is 2. The van der Waals surface area contributed by atoms with Crippen molar-refractivity contribution >= 4 is 52.5 Å². The van der Waals surface area contributed by atoms with E-state index in [-0.39, 0.29) is 22.2 Å². The Balaban J connectivity index is 1.60. The molecule has 0 radical (unpaired) electrons. The van der Waals surface area contributed by atoms with Gasteiger partial charge in [-0.1, -0.05) is 11.6 Å². The first-order chi connectivity index (χ1) is 12.4. The van der Waals surface area contributed by atoms with Crippen LogP contribution >= 0.6 is 23.4 Å². The highest BCUT2D eigenvalue weighted by atomic mass is 35.5. The third-order valence-electron chi connectivity index (χ3n) is 3.38. The molecule has 0 aromatic heterocycles. The van der Waals surface area contributed by atoms with Crippen LogP contribution < -0.4 is 10.6 Å². The number of anilines is 2. The van der Waals surface area contributed by atoms with Gasteiger partial charge >= 0.3 is 5.97 Å². The van der Waals surface area contributed by atoms with Crippen LogP contribution in [0.3, 0.4) is 0 Å². The van der Waals surface area contributed by atoms with Crippen LogP contribution in [-0.4, -0.2) is 30.1 Å². The molecule has 1 aliphatic heterocycles. The third-order valence-corrected chi connectivity index (χ3v) is 4.69. The van der Waals surface area contributed by atoms with Crippen molar-refractivity contribution in [1.29, 1.82) is 0 Å². The van der Waals surface area contributed by atoms with Gasteiger partial charge in [0.1, 0.15) is 5.82 Å². The molecule has 1 aliphatic rings. The molecular weight excluding hydrogens is 383 g/mol. The fourth-order valence-electron chi connectivity index (χ4n) is 2.20. The van der Waals surface area contributed by atoms with Crippen LogP contribution in [0.1, 0.15) is 10.4 Å². The van der Waals surface area contributed by atoms with E-state index in [9.17, 15) is 18.8 Å². The first-order valence-electron chi connectivity index (χ1n) is 7.41. The van der Waals surface area contributed by atoms with E-state index in [4.69, 9.17) is 16.3 Å². The summed E-state index contributed by atoms with van der Waals surface area (Å²) in [5, 5.41) is 5.20. The Labute approximate surface area is 157 Å². The number of halogens is 2. The summed E-state index contributed by atoms with van der Waals surface area (Å²) in [6.45, 7) is -0.594. The Kier molecular flexibility index (Phi) is 5.43. The van der Waals surface area contributed by atoms with Crippen LogP contribution in [-0.2, 0) is 14.3 Å². The monoisotopic (exact) mass is 394 g/mol. The largest absolute Gasteiger partial charge is 0.452 e. The van der Waals surface area contributed by atoms with Gasteiger partial charge in [0.15, 0.2) is 6.61 Å². The number of ether oxygens (including phenoxy) is 1. The predicted molar refractivity (Wildman–Crippen MR) is 96.1 cm³/mol. The first kappa shape index (κ1) is 18.2. The quantitative estimate of drug-likeness (QED) is 0.777. The van der Waals surface area contributed by atoms with Crippen LogP contribution in [0.4, 0.5) is 15.8 Å². The molecule has 2 N–H and O–H groups in total. The number of amides is 2. The summed E-state index contributed by atoms with van der Waals surface area (Å²) >= 11 is 7.11. The fraction of sp³-hybridized carbons (Fsp3) is 0.118. The summed E-state index contributed by atoms with van der Waals surface area (Å²) in [7, 11) is 0. The van der Waals surface area contributed by atoms with E-state index in [1.807, 2.05) is 0 Å². The number of thioether (sulfide) groups is 1. The standard InChI is InChI=1S/C17H12ClFN2O4S/c18-10-2-3-11(19)12(6-10)20-15(22)7-25-17(24)9-1-4-14-13(5-9)21-16(23)8-26-14/h1-6H,7-8H2,(H,20,22)(H,21,23). The summed E-state index contributed by atoms with van der Waals surface area (Å²) < 4.78 is 18.5. The molecule has 0 aliphatic carbocycles. The summed E-state index contributed by atoms with van der Waals surface area (Å²) in [4.78, 5) is 36.2. The van der Waals surface area contributed by atoms with Crippen molar-refractivity contribution in [2.24, 2.45) is 0 Å². The molecule has 0 spiro atoms. The van der Waals surface area contributed by atoms with Gasteiger partial charge in [0.05, 0.1) is 22.7 Å². The highest BCUT2D eigenvalue weighted by Gasteiger charge is 2.18. The van der Waals surface area contributed by atoms with Gasteiger partial charge in [0, 0.05) is 9.92 Å². The number of fused-ring (bicyclic) bond motifs is 1.